The molecule has 0 N–H and O–H groups in total. The summed E-state index contributed by atoms with van der Waals surface area (Å²) >= 11 is 0. The van der Waals surface area contributed by atoms with Crippen LogP contribution in [0.2, 0.25) is 0 Å². The van der Waals surface area contributed by atoms with Gasteiger partial charge in [0.1, 0.15) is 0 Å². The Labute approximate surface area is 120 Å². The third-order valence-electron chi connectivity index (χ3n) is 3.73. The second-order valence-corrected chi connectivity index (χ2v) is 5.15. The fraction of sp³-hybridized carbons (Fsp3) is 0.714. The van der Waals surface area contributed by atoms with E-state index < -0.39 is 0 Å². The van der Waals surface area contributed by atoms with Gasteiger partial charge in [0.25, 0.3) is 0 Å². The summed E-state index contributed by atoms with van der Waals surface area (Å²) in [6.45, 7) is 11.6. The Hall–Kier alpha value is -1.56. The molecule has 1 aliphatic heterocycles. The lowest BCUT2D eigenvalue weighted by Gasteiger charge is -2.36. The standard InChI is InChI=1S/C14H24N4O2/c1-4-17(5-2)14(19)18-8-6-16(7-9-18)11-13-10-12(3)15-20-13/h10H,4-9,11H2,1-3H3. The van der Waals surface area contributed by atoms with Crippen LogP contribution in [-0.2, 0) is 6.54 Å². The molecule has 0 aliphatic carbocycles. The van der Waals surface area contributed by atoms with Gasteiger partial charge in [-0.1, -0.05) is 5.16 Å². The van der Waals surface area contributed by atoms with E-state index in [1.807, 2.05) is 36.6 Å². The van der Waals surface area contributed by atoms with Crippen molar-refractivity contribution in [2.24, 2.45) is 0 Å². The largest absolute Gasteiger partial charge is 0.360 e. The summed E-state index contributed by atoms with van der Waals surface area (Å²) in [5.41, 5.74) is 0.912. The third kappa shape index (κ3) is 3.50. The van der Waals surface area contributed by atoms with E-state index in [1.54, 1.807) is 0 Å². The second-order valence-electron chi connectivity index (χ2n) is 5.15. The normalized spacial score (nSPS) is 16.4. The molecule has 0 radical (unpaired) electrons. The molecule has 112 valence electrons. The molecular weight excluding hydrogens is 256 g/mol. The van der Waals surface area contributed by atoms with E-state index in [0.717, 1.165) is 57.3 Å². The summed E-state index contributed by atoms with van der Waals surface area (Å²) in [6.07, 6.45) is 0. The quantitative estimate of drug-likeness (QED) is 0.840. The smallest absolute Gasteiger partial charge is 0.320 e. The van der Waals surface area contributed by atoms with Gasteiger partial charge < -0.3 is 14.3 Å². The zero-order valence-electron chi connectivity index (χ0n) is 12.6. The summed E-state index contributed by atoms with van der Waals surface area (Å²) in [5.74, 6) is 0.894. The fourth-order valence-corrected chi connectivity index (χ4v) is 2.50. The topological polar surface area (TPSA) is 52.8 Å². The summed E-state index contributed by atoms with van der Waals surface area (Å²) in [6, 6.07) is 2.12. The maximum absolute atomic E-state index is 12.2. The van der Waals surface area contributed by atoms with Crippen molar-refractivity contribution < 1.29 is 9.32 Å². The molecule has 1 fully saturated rings. The highest BCUT2D eigenvalue weighted by molar-refractivity contribution is 5.74. The molecule has 6 nitrogen and oxygen atoms in total. The average Bonchev–Trinajstić information content (AvgIpc) is 2.86. The molecule has 6 heteroatoms. The summed E-state index contributed by atoms with van der Waals surface area (Å²) in [7, 11) is 0. The molecule has 0 unspecified atom stereocenters. The van der Waals surface area contributed by atoms with Crippen LogP contribution in [0.3, 0.4) is 0 Å². The summed E-state index contributed by atoms with van der Waals surface area (Å²) in [5, 5.41) is 3.90. The number of hydrogen-bond acceptors (Lipinski definition) is 4. The number of amides is 2. The predicted molar refractivity (Wildman–Crippen MR) is 76.4 cm³/mol. The number of carbonyl (C=O) groups excluding carboxylic acids is 1. The highest BCUT2D eigenvalue weighted by Crippen LogP contribution is 2.11. The van der Waals surface area contributed by atoms with E-state index in [1.165, 1.54) is 0 Å². The number of carbonyl (C=O) groups is 1. The number of nitrogens with zero attached hydrogens (tertiary/aromatic N) is 4. The van der Waals surface area contributed by atoms with Crippen LogP contribution in [0.4, 0.5) is 4.79 Å². The Balaban J connectivity index is 1.81. The zero-order valence-corrected chi connectivity index (χ0v) is 12.6. The first-order valence-corrected chi connectivity index (χ1v) is 7.32. The first-order valence-electron chi connectivity index (χ1n) is 7.32. The zero-order chi connectivity index (χ0) is 14.5. The molecule has 1 aromatic rings. The van der Waals surface area contributed by atoms with Crippen LogP contribution in [-0.4, -0.2) is 65.2 Å². The number of aromatic nitrogens is 1. The Kier molecular flexibility index (Phi) is 5.00. The number of urea groups is 1. The lowest BCUT2D eigenvalue weighted by atomic mass is 10.3. The van der Waals surface area contributed by atoms with Crippen molar-refractivity contribution in [1.82, 2.24) is 19.9 Å². The van der Waals surface area contributed by atoms with Crippen LogP contribution < -0.4 is 0 Å². The van der Waals surface area contributed by atoms with E-state index in [2.05, 4.69) is 10.1 Å². The van der Waals surface area contributed by atoms with Crippen LogP contribution in [0, 0.1) is 6.92 Å². The maximum Gasteiger partial charge on any atom is 0.320 e. The molecule has 1 aliphatic rings. The van der Waals surface area contributed by atoms with Crippen molar-refractivity contribution in [3.63, 3.8) is 0 Å². The molecule has 0 spiro atoms. The van der Waals surface area contributed by atoms with E-state index >= 15 is 0 Å². The van der Waals surface area contributed by atoms with Crippen molar-refractivity contribution in [2.45, 2.75) is 27.3 Å². The van der Waals surface area contributed by atoms with Crippen molar-refractivity contribution >= 4 is 6.03 Å². The van der Waals surface area contributed by atoms with Gasteiger partial charge in [0.15, 0.2) is 5.76 Å². The first-order chi connectivity index (χ1) is 9.63. The highest BCUT2D eigenvalue weighted by atomic mass is 16.5. The van der Waals surface area contributed by atoms with Gasteiger partial charge in [0, 0.05) is 45.3 Å². The molecule has 2 heterocycles. The van der Waals surface area contributed by atoms with Gasteiger partial charge in [-0.3, -0.25) is 4.90 Å². The third-order valence-corrected chi connectivity index (χ3v) is 3.73. The van der Waals surface area contributed by atoms with E-state index in [4.69, 9.17) is 4.52 Å². The minimum Gasteiger partial charge on any atom is -0.360 e. The summed E-state index contributed by atoms with van der Waals surface area (Å²) < 4.78 is 5.23. The molecule has 0 saturated carbocycles. The molecule has 0 atom stereocenters. The number of hydrogen-bond donors (Lipinski definition) is 0. The summed E-state index contributed by atoms with van der Waals surface area (Å²) in [4.78, 5) is 18.3. The minimum atomic E-state index is 0.158. The van der Waals surface area contributed by atoms with Crippen LogP contribution in [0.15, 0.2) is 10.6 Å². The van der Waals surface area contributed by atoms with Crippen molar-refractivity contribution in [1.29, 1.82) is 0 Å². The lowest BCUT2D eigenvalue weighted by Crippen LogP contribution is -2.52. The SMILES string of the molecule is CCN(CC)C(=O)N1CCN(Cc2cc(C)no2)CC1. The molecule has 2 amide bonds. The maximum atomic E-state index is 12.2. The minimum absolute atomic E-state index is 0.158. The molecule has 0 aromatic carbocycles. The Morgan fingerprint density at radius 3 is 2.45 bits per heavy atom. The van der Waals surface area contributed by atoms with Gasteiger partial charge in [0.2, 0.25) is 0 Å². The number of aryl methyl sites for hydroxylation is 1. The Morgan fingerprint density at radius 1 is 1.30 bits per heavy atom. The number of piperazine rings is 1. The van der Waals surface area contributed by atoms with Gasteiger partial charge in [0.05, 0.1) is 12.2 Å². The molecule has 20 heavy (non-hydrogen) atoms. The van der Waals surface area contributed by atoms with E-state index in [0.29, 0.717) is 0 Å². The molecule has 0 bridgehead atoms. The first kappa shape index (κ1) is 14.8. The van der Waals surface area contributed by atoms with Crippen molar-refractivity contribution in [3.8, 4) is 0 Å². The lowest BCUT2D eigenvalue weighted by molar-refractivity contribution is 0.107. The van der Waals surface area contributed by atoms with Gasteiger partial charge in [-0.25, -0.2) is 4.79 Å². The van der Waals surface area contributed by atoms with Gasteiger partial charge in [-0.05, 0) is 20.8 Å². The fourth-order valence-electron chi connectivity index (χ4n) is 2.50. The molecule has 2 rings (SSSR count). The van der Waals surface area contributed by atoms with Gasteiger partial charge >= 0.3 is 6.03 Å². The molecule has 1 aromatic heterocycles. The monoisotopic (exact) mass is 280 g/mol. The van der Waals surface area contributed by atoms with E-state index in [9.17, 15) is 4.79 Å². The van der Waals surface area contributed by atoms with Crippen LogP contribution in [0.1, 0.15) is 25.3 Å². The van der Waals surface area contributed by atoms with Crippen LogP contribution in [0.25, 0.3) is 0 Å². The van der Waals surface area contributed by atoms with Crippen LogP contribution >= 0.6 is 0 Å². The average molecular weight is 280 g/mol. The van der Waals surface area contributed by atoms with Gasteiger partial charge in [-0.2, -0.15) is 0 Å². The van der Waals surface area contributed by atoms with Crippen LogP contribution in [0.5, 0.6) is 0 Å². The Morgan fingerprint density at radius 2 is 1.95 bits per heavy atom. The molecule has 1 saturated heterocycles. The number of rotatable bonds is 4. The van der Waals surface area contributed by atoms with Crippen molar-refractivity contribution in [3.05, 3.63) is 17.5 Å². The van der Waals surface area contributed by atoms with Crippen molar-refractivity contribution in [2.75, 3.05) is 39.3 Å². The Bertz CT molecular complexity index is 434. The highest BCUT2D eigenvalue weighted by Gasteiger charge is 2.24. The predicted octanol–water partition coefficient (Wildman–Crippen LogP) is 1.56. The van der Waals surface area contributed by atoms with E-state index in [-0.39, 0.29) is 6.03 Å². The van der Waals surface area contributed by atoms with Gasteiger partial charge in [-0.15, -0.1) is 0 Å². The molecular formula is C14H24N4O2. The second kappa shape index (κ2) is 6.74.